The highest BCUT2D eigenvalue weighted by Gasteiger charge is 2.15. The zero-order chi connectivity index (χ0) is 15.4. The van der Waals surface area contributed by atoms with Crippen molar-refractivity contribution in [1.82, 2.24) is 20.1 Å². The number of benzene rings is 1. The van der Waals surface area contributed by atoms with Crippen LogP contribution in [0.25, 0.3) is 0 Å². The van der Waals surface area contributed by atoms with Gasteiger partial charge in [0.05, 0.1) is 17.8 Å². The van der Waals surface area contributed by atoms with Gasteiger partial charge in [0.25, 0.3) is 0 Å². The van der Waals surface area contributed by atoms with Crippen molar-refractivity contribution >= 4 is 17.7 Å². The van der Waals surface area contributed by atoms with Crippen molar-refractivity contribution in [2.45, 2.75) is 13.5 Å². The van der Waals surface area contributed by atoms with Crippen LogP contribution in [0.5, 0.6) is 0 Å². The minimum atomic E-state index is -1.09. The van der Waals surface area contributed by atoms with E-state index in [2.05, 4.69) is 20.5 Å². The van der Waals surface area contributed by atoms with Gasteiger partial charge in [0, 0.05) is 7.05 Å². The Morgan fingerprint density at radius 2 is 2.19 bits per heavy atom. The van der Waals surface area contributed by atoms with E-state index >= 15 is 0 Å². The Bertz CT molecular complexity index is 654. The fourth-order valence-electron chi connectivity index (χ4n) is 1.76. The Hall–Kier alpha value is -2.90. The molecule has 0 fully saturated rings. The summed E-state index contributed by atoms with van der Waals surface area (Å²) in [6.07, 6.45) is 1.35. The van der Waals surface area contributed by atoms with Crippen molar-refractivity contribution in [2.24, 2.45) is 0 Å². The van der Waals surface area contributed by atoms with E-state index < -0.39 is 12.0 Å². The lowest BCUT2D eigenvalue weighted by Crippen LogP contribution is -2.31. The number of hydrogen-bond acceptors (Lipinski definition) is 4. The lowest BCUT2D eigenvalue weighted by Gasteiger charge is -2.17. The van der Waals surface area contributed by atoms with Crippen LogP contribution in [0, 0.1) is 6.92 Å². The van der Waals surface area contributed by atoms with Crippen LogP contribution in [0.4, 0.5) is 10.5 Å². The maximum Gasteiger partial charge on any atom is 0.337 e. The third-order valence-electron chi connectivity index (χ3n) is 2.85. The Labute approximate surface area is 120 Å². The summed E-state index contributed by atoms with van der Waals surface area (Å²) in [6.45, 7) is 2.02. The summed E-state index contributed by atoms with van der Waals surface area (Å²) < 4.78 is 0. The number of nitrogens with zero attached hydrogens (tertiary/aromatic N) is 3. The van der Waals surface area contributed by atoms with Crippen molar-refractivity contribution in [3.63, 3.8) is 0 Å². The van der Waals surface area contributed by atoms with Gasteiger partial charge in [-0.15, -0.1) is 0 Å². The second-order valence-electron chi connectivity index (χ2n) is 4.57. The first-order chi connectivity index (χ1) is 9.97. The number of nitrogens with one attached hydrogen (secondary N) is 2. The van der Waals surface area contributed by atoms with E-state index in [0.29, 0.717) is 5.82 Å². The van der Waals surface area contributed by atoms with Crippen LogP contribution < -0.4 is 5.32 Å². The van der Waals surface area contributed by atoms with Crippen LogP contribution in [0.2, 0.25) is 0 Å². The molecule has 0 bridgehead atoms. The number of carbonyl (C=O) groups excluding carboxylic acids is 1. The molecule has 2 rings (SSSR count). The molecular weight excluding hydrogens is 274 g/mol. The van der Waals surface area contributed by atoms with E-state index in [1.807, 2.05) is 0 Å². The van der Waals surface area contributed by atoms with Crippen molar-refractivity contribution < 1.29 is 14.7 Å². The molecule has 0 unspecified atom stereocenters. The highest BCUT2D eigenvalue weighted by Crippen LogP contribution is 2.18. The van der Waals surface area contributed by atoms with Gasteiger partial charge in [-0.05, 0) is 19.1 Å². The van der Waals surface area contributed by atoms with Crippen LogP contribution in [0.15, 0.2) is 24.5 Å². The molecule has 0 saturated heterocycles. The molecule has 110 valence electrons. The molecule has 2 aromatic rings. The predicted octanol–water partition coefficient (Wildman–Crippen LogP) is 1.48. The number of H-pyrrole nitrogens is 1. The van der Waals surface area contributed by atoms with Crippen LogP contribution in [-0.2, 0) is 6.54 Å². The summed E-state index contributed by atoms with van der Waals surface area (Å²) in [5.74, 6) is -0.554. The van der Waals surface area contributed by atoms with E-state index in [4.69, 9.17) is 5.11 Å². The molecule has 8 heteroatoms. The second kappa shape index (κ2) is 6.04. The van der Waals surface area contributed by atoms with Crippen LogP contribution in [0.1, 0.15) is 21.7 Å². The van der Waals surface area contributed by atoms with Crippen LogP contribution in [-0.4, -0.2) is 44.2 Å². The Morgan fingerprint density at radius 3 is 2.81 bits per heavy atom. The number of carbonyl (C=O) groups is 2. The van der Waals surface area contributed by atoms with E-state index in [1.54, 1.807) is 26.1 Å². The molecule has 2 amide bonds. The van der Waals surface area contributed by atoms with Gasteiger partial charge in [0.1, 0.15) is 12.2 Å². The van der Waals surface area contributed by atoms with Gasteiger partial charge in [0.15, 0.2) is 0 Å². The van der Waals surface area contributed by atoms with Gasteiger partial charge in [0.2, 0.25) is 0 Å². The maximum atomic E-state index is 12.1. The van der Waals surface area contributed by atoms with Gasteiger partial charge < -0.3 is 15.3 Å². The summed E-state index contributed by atoms with van der Waals surface area (Å²) in [6, 6.07) is 4.38. The first kappa shape index (κ1) is 14.5. The molecule has 0 aliphatic carbocycles. The molecule has 1 aromatic heterocycles. The second-order valence-corrected chi connectivity index (χ2v) is 4.57. The average Bonchev–Trinajstić information content (AvgIpc) is 2.93. The lowest BCUT2D eigenvalue weighted by atomic mass is 10.1. The summed E-state index contributed by atoms with van der Waals surface area (Å²) in [7, 11) is 1.58. The molecule has 0 spiro atoms. The van der Waals surface area contributed by atoms with E-state index in [1.165, 1.54) is 17.3 Å². The van der Waals surface area contributed by atoms with Crippen LogP contribution in [0.3, 0.4) is 0 Å². The molecule has 0 aliphatic rings. The molecular formula is C13H15N5O3. The number of anilines is 1. The standard InChI is InChI=1S/C13H15N5O3/c1-8-3-4-10(9(5-8)12(19)20)16-13(21)18(2)6-11-14-7-15-17-11/h3-5,7H,6H2,1-2H3,(H,16,21)(H,19,20)(H,14,15,17). The van der Waals surface area contributed by atoms with Gasteiger partial charge >= 0.3 is 12.0 Å². The molecule has 3 N–H and O–H groups in total. The lowest BCUT2D eigenvalue weighted by molar-refractivity contribution is 0.0698. The molecule has 8 nitrogen and oxygen atoms in total. The van der Waals surface area contributed by atoms with Crippen LogP contribution >= 0.6 is 0 Å². The topological polar surface area (TPSA) is 111 Å². The Kier molecular flexibility index (Phi) is 4.17. The summed E-state index contributed by atoms with van der Waals surface area (Å²) in [5.41, 5.74) is 1.11. The molecule has 21 heavy (non-hydrogen) atoms. The highest BCUT2D eigenvalue weighted by molar-refractivity contribution is 6.00. The number of aromatic carboxylic acids is 1. The predicted molar refractivity (Wildman–Crippen MR) is 75.0 cm³/mol. The Morgan fingerprint density at radius 1 is 1.43 bits per heavy atom. The quantitative estimate of drug-likeness (QED) is 0.789. The van der Waals surface area contributed by atoms with Crippen molar-refractivity contribution in [1.29, 1.82) is 0 Å². The normalized spacial score (nSPS) is 10.2. The van der Waals surface area contributed by atoms with Gasteiger partial charge in [-0.1, -0.05) is 11.6 Å². The minimum Gasteiger partial charge on any atom is -0.478 e. The zero-order valence-corrected chi connectivity index (χ0v) is 11.6. The minimum absolute atomic E-state index is 0.0522. The van der Waals surface area contributed by atoms with Gasteiger partial charge in [-0.3, -0.25) is 5.10 Å². The summed E-state index contributed by atoms with van der Waals surface area (Å²) in [4.78, 5) is 28.5. The number of carboxylic acid groups (broad SMARTS) is 1. The monoisotopic (exact) mass is 289 g/mol. The average molecular weight is 289 g/mol. The number of aromatic nitrogens is 3. The number of aryl methyl sites for hydroxylation is 1. The van der Waals surface area contributed by atoms with Crippen molar-refractivity contribution in [3.05, 3.63) is 41.5 Å². The zero-order valence-electron chi connectivity index (χ0n) is 11.6. The van der Waals surface area contributed by atoms with E-state index in [9.17, 15) is 9.59 Å². The number of carboxylic acids is 1. The van der Waals surface area contributed by atoms with Gasteiger partial charge in [-0.2, -0.15) is 5.10 Å². The van der Waals surface area contributed by atoms with Crippen molar-refractivity contribution in [3.8, 4) is 0 Å². The smallest absolute Gasteiger partial charge is 0.337 e. The number of amides is 2. The number of aromatic amines is 1. The molecule has 1 aromatic carbocycles. The fraction of sp³-hybridized carbons (Fsp3) is 0.231. The SMILES string of the molecule is Cc1ccc(NC(=O)N(C)Cc2ncn[nH]2)c(C(=O)O)c1. The van der Waals surface area contributed by atoms with Gasteiger partial charge in [-0.25, -0.2) is 14.6 Å². The first-order valence-corrected chi connectivity index (χ1v) is 6.17. The third-order valence-corrected chi connectivity index (χ3v) is 2.85. The first-order valence-electron chi connectivity index (χ1n) is 6.17. The fourth-order valence-corrected chi connectivity index (χ4v) is 1.76. The molecule has 0 atom stereocenters. The number of urea groups is 1. The molecule has 0 saturated carbocycles. The number of rotatable bonds is 4. The summed E-state index contributed by atoms with van der Waals surface area (Å²) in [5, 5.41) is 18.1. The molecule has 1 heterocycles. The highest BCUT2D eigenvalue weighted by atomic mass is 16.4. The Balaban J connectivity index is 2.10. The molecule has 0 aliphatic heterocycles. The number of hydrogen-bond donors (Lipinski definition) is 3. The van der Waals surface area contributed by atoms with E-state index in [0.717, 1.165) is 5.56 Å². The van der Waals surface area contributed by atoms with E-state index in [-0.39, 0.29) is 17.8 Å². The maximum absolute atomic E-state index is 12.1. The summed E-state index contributed by atoms with van der Waals surface area (Å²) >= 11 is 0. The van der Waals surface area contributed by atoms with Crippen molar-refractivity contribution in [2.75, 3.05) is 12.4 Å². The third kappa shape index (κ3) is 3.56. The largest absolute Gasteiger partial charge is 0.478 e. The molecule has 0 radical (unpaired) electrons.